The molecule has 0 saturated carbocycles. The lowest BCUT2D eigenvalue weighted by Gasteiger charge is -2.11. The predicted octanol–water partition coefficient (Wildman–Crippen LogP) is 4.02. The molecular formula is C21H15N3O3. The third kappa shape index (κ3) is 3.20. The molecule has 0 radical (unpaired) electrons. The van der Waals surface area contributed by atoms with Gasteiger partial charge in [-0.05, 0) is 11.6 Å². The van der Waals surface area contributed by atoms with Crippen molar-refractivity contribution in [3.63, 3.8) is 0 Å². The van der Waals surface area contributed by atoms with Crippen LogP contribution in [0.2, 0.25) is 0 Å². The van der Waals surface area contributed by atoms with Crippen LogP contribution in [0.25, 0.3) is 22.0 Å². The van der Waals surface area contributed by atoms with Gasteiger partial charge in [0.15, 0.2) is 0 Å². The van der Waals surface area contributed by atoms with E-state index >= 15 is 0 Å². The van der Waals surface area contributed by atoms with Crippen LogP contribution < -0.4 is 5.56 Å². The Kier molecular flexibility index (Phi) is 4.22. The van der Waals surface area contributed by atoms with Crippen molar-refractivity contribution >= 4 is 16.5 Å². The second kappa shape index (κ2) is 6.84. The summed E-state index contributed by atoms with van der Waals surface area (Å²) in [4.78, 5) is 23.6. The minimum absolute atomic E-state index is 0.0146. The maximum atomic E-state index is 12.9. The molecule has 0 amide bonds. The highest BCUT2D eigenvalue weighted by atomic mass is 16.6. The fraction of sp³-hybridized carbons (Fsp3) is 0.0476. The van der Waals surface area contributed by atoms with Gasteiger partial charge in [0, 0.05) is 23.1 Å². The number of benzene rings is 3. The predicted molar refractivity (Wildman–Crippen MR) is 104 cm³/mol. The number of rotatable bonds is 4. The molecule has 0 unspecified atom stereocenters. The lowest BCUT2D eigenvalue weighted by Crippen LogP contribution is -2.24. The summed E-state index contributed by atoms with van der Waals surface area (Å²) in [5.41, 5.74) is 1.89. The SMILES string of the molecule is O=c1c2ccccc2c(-c2cccc([N+](=O)[O-])c2)nn1Cc1ccccc1. The Labute approximate surface area is 154 Å². The zero-order valence-corrected chi connectivity index (χ0v) is 14.3. The molecule has 3 aromatic carbocycles. The van der Waals surface area contributed by atoms with E-state index in [1.54, 1.807) is 24.3 Å². The van der Waals surface area contributed by atoms with Crippen molar-refractivity contribution in [2.75, 3.05) is 0 Å². The number of aromatic nitrogens is 2. The number of hydrogen-bond donors (Lipinski definition) is 0. The van der Waals surface area contributed by atoms with E-state index in [1.807, 2.05) is 42.5 Å². The second-order valence-corrected chi connectivity index (χ2v) is 6.15. The standard InChI is InChI=1S/C21H15N3O3/c25-21-19-12-5-4-11-18(19)20(16-9-6-10-17(13-16)24(26)27)22-23(21)14-15-7-2-1-3-8-15/h1-13H,14H2. The molecule has 0 fully saturated rings. The van der Waals surface area contributed by atoms with E-state index in [0.29, 0.717) is 28.6 Å². The average Bonchev–Trinajstić information content (AvgIpc) is 2.71. The highest BCUT2D eigenvalue weighted by Crippen LogP contribution is 2.27. The summed E-state index contributed by atoms with van der Waals surface area (Å²) in [7, 11) is 0. The van der Waals surface area contributed by atoms with Gasteiger partial charge in [-0.1, -0.05) is 60.7 Å². The number of nitro benzene ring substituents is 1. The quantitative estimate of drug-likeness (QED) is 0.408. The van der Waals surface area contributed by atoms with Crippen molar-refractivity contribution in [3.05, 3.63) is 105 Å². The maximum Gasteiger partial charge on any atom is 0.274 e. The van der Waals surface area contributed by atoms with Gasteiger partial charge in [0.1, 0.15) is 0 Å². The van der Waals surface area contributed by atoms with Crippen LogP contribution in [0.5, 0.6) is 0 Å². The van der Waals surface area contributed by atoms with Crippen molar-refractivity contribution < 1.29 is 4.92 Å². The largest absolute Gasteiger partial charge is 0.274 e. The summed E-state index contributed by atoms with van der Waals surface area (Å²) in [5, 5.41) is 16.9. The van der Waals surface area contributed by atoms with Gasteiger partial charge in [-0.25, -0.2) is 4.68 Å². The van der Waals surface area contributed by atoms with Crippen molar-refractivity contribution in [2.45, 2.75) is 6.54 Å². The Morgan fingerprint density at radius 2 is 1.59 bits per heavy atom. The van der Waals surface area contributed by atoms with Gasteiger partial charge < -0.3 is 0 Å². The summed E-state index contributed by atoms with van der Waals surface area (Å²) in [6.45, 7) is 0.326. The van der Waals surface area contributed by atoms with Gasteiger partial charge in [0.25, 0.3) is 11.2 Å². The molecule has 0 atom stereocenters. The number of fused-ring (bicyclic) bond motifs is 1. The Balaban J connectivity index is 1.94. The van der Waals surface area contributed by atoms with Crippen LogP contribution in [-0.2, 0) is 6.54 Å². The summed E-state index contributed by atoms with van der Waals surface area (Å²) in [5.74, 6) is 0. The first kappa shape index (κ1) is 16.7. The first-order chi connectivity index (χ1) is 13.1. The van der Waals surface area contributed by atoms with Crippen LogP contribution in [0, 0.1) is 10.1 Å². The molecule has 1 aromatic heterocycles. The monoisotopic (exact) mass is 357 g/mol. The summed E-state index contributed by atoms with van der Waals surface area (Å²) in [6.07, 6.45) is 0. The fourth-order valence-corrected chi connectivity index (χ4v) is 3.08. The number of non-ortho nitro benzene ring substituents is 1. The minimum Gasteiger partial charge on any atom is -0.267 e. The maximum absolute atomic E-state index is 12.9. The van der Waals surface area contributed by atoms with Crippen LogP contribution in [0.4, 0.5) is 5.69 Å². The second-order valence-electron chi connectivity index (χ2n) is 6.15. The molecule has 0 N–H and O–H groups in total. The van der Waals surface area contributed by atoms with Crippen molar-refractivity contribution in [1.29, 1.82) is 0 Å². The number of hydrogen-bond acceptors (Lipinski definition) is 4. The average molecular weight is 357 g/mol. The molecule has 4 rings (SSSR count). The van der Waals surface area contributed by atoms with Gasteiger partial charge >= 0.3 is 0 Å². The fourth-order valence-electron chi connectivity index (χ4n) is 3.08. The van der Waals surface area contributed by atoms with Crippen molar-refractivity contribution in [2.24, 2.45) is 0 Å². The number of nitrogens with zero attached hydrogens (tertiary/aromatic N) is 3. The molecule has 132 valence electrons. The van der Waals surface area contributed by atoms with Gasteiger partial charge in [-0.3, -0.25) is 14.9 Å². The molecule has 6 heteroatoms. The minimum atomic E-state index is -0.439. The van der Waals surface area contributed by atoms with E-state index in [0.717, 1.165) is 5.56 Å². The molecular weight excluding hydrogens is 342 g/mol. The van der Waals surface area contributed by atoms with Gasteiger partial charge in [0.05, 0.1) is 22.5 Å². The highest BCUT2D eigenvalue weighted by Gasteiger charge is 2.14. The van der Waals surface area contributed by atoms with Gasteiger partial charge in [-0.15, -0.1) is 0 Å². The van der Waals surface area contributed by atoms with E-state index in [9.17, 15) is 14.9 Å². The molecule has 27 heavy (non-hydrogen) atoms. The Hall–Kier alpha value is -3.80. The van der Waals surface area contributed by atoms with Crippen LogP contribution in [0.1, 0.15) is 5.56 Å². The van der Waals surface area contributed by atoms with Crippen molar-refractivity contribution in [3.8, 4) is 11.3 Å². The van der Waals surface area contributed by atoms with Crippen LogP contribution in [0.3, 0.4) is 0 Å². The molecule has 4 aromatic rings. The molecule has 0 aliphatic carbocycles. The van der Waals surface area contributed by atoms with Gasteiger partial charge in [-0.2, -0.15) is 5.10 Å². The Morgan fingerprint density at radius 3 is 2.33 bits per heavy atom. The molecule has 1 heterocycles. The molecule has 0 bridgehead atoms. The van der Waals surface area contributed by atoms with E-state index in [2.05, 4.69) is 5.10 Å². The van der Waals surface area contributed by atoms with Crippen LogP contribution in [-0.4, -0.2) is 14.7 Å². The Bertz CT molecular complexity index is 1200. The van der Waals surface area contributed by atoms with E-state index in [1.165, 1.54) is 16.8 Å². The topological polar surface area (TPSA) is 78.0 Å². The van der Waals surface area contributed by atoms with E-state index < -0.39 is 4.92 Å². The molecule has 0 saturated heterocycles. The third-order valence-electron chi connectivity index (χ3n) is 4.37. The first-order valence-electron chi connectivity index (χ1n) is 8.42. The highest BCUT2D eigenvalue weighted by molar-refractivity contribution is 5.94. The zero-order chi connectivity index (χ0) is 18.8. The first-order valence-corrected chi connectivity index (χ1v) is 8.42. The summed E-state index contributed by atoms with van der Waals surface area (Å²) < 4.78 is 1.41. The summed E-state index contributed by atoms with van der Waals surface area (Å²) >= 11 is 0. The lowest BCUT2D eigenvalue weighted by atomic mass is 10.0. The van der Waals surface area contributed by atoms with Crippen molar-refractivity contribution in [1.82, 2.24) is 9.78 Å². The van der Waals surface area contributed by atoms with Gasteiger partial charge in [0.2, 0.25) is 0 Å². The van der Waals surface area contributed by atoms with E-state index in [-0.39, 0.29) is 11.2 Å². The smallest absolute Gasteiger partial charge is 0.267 e. The molecule has 0 spiro atoms. The molecule has 6 nitrogen and oxygen atoms in total. The van der Waals surface area contributed by atoms with Crippen LogP contribution >= 0.6 is 0 Å². The normalized spacial score (nSPS) is 10.8. The zero-order valence-electron chi connectivity index (χ0n) is 14.3. The lowest BCUT2D eigenvalue weighted by molar-refractivity contribution is -0.384. The molecule has 0 aliphatic rings. The molecule has 0 aliphatic heterocycles. The number of nitro groups is 1. The third-order valence-corrected chi connectivity index (χ3v) is 4.37. The van der Waals surface area contributed by atoms with E-state index in [4.69, 9.17) is 0 Å². The Morgan fingerprint density at radius 1 is 0.889 bits per heavy atom. The van der Waals surface area contributed by atoms with Crippen LogP contribution in [0.15, 0.2) is 83.7 Å². The summed E-state index contributed by atoms with van der Waals surface area (Å²) in [6, 6.07) is 23.1.